The second-order valence-electron chi connectivity index (χ2n) is 4.41. The molecule has 0 saturated carbocycles. The average molecular weight is 214 g/mol. The Morgan fingerprint density at radius 1 is 1.19 bits per heavy atom. The normalized spacial score (nSPS) is 13.2. The van der Waals surface area contributed by atoms with E-state index in [1.807, 2.05) is 30.3 Å². The quantitative estimate of drug-likeness (QED) is 0.557. The van der Waals surface area contributed by atoms with Gasteiger partial charge in [-0.3, -0.25) is 0 Å². The van der Waals surface area contributed by atoms with Gasteiger partial charge in [0.15, 0.2) is 6.20 Å². The van der Waals surface area contributed by atoms with Crippen molar-refractivity contribution in [3.05, 3.63) is 53.2 Å². The van der Waals surface area contributed by atoms with Crippen molar-refractivity contribution in [2.45, 2.75) is 26.7 Å². The zero-order chi connectivity index (χ0) is 11.7. The van der Waals surface area contributed by atoms with Crippen LogP contribution in [-0.4, -0.2) is 0 Å². The molecule has 2 rings (SSSR count). The number of rotatable bonds is 2. The predicted molar refractivity (Wildman–Crippen MR) is 65.9 cm³/mol. The molecule has 1 radical (unpaired) electrons. The van der Waals surface area contributed by atoms with Gasteiger partial charge in [0.2, 0.25) is 5.52 Å². The molecular weight excluding hydrogens is 198 g/mol. The summed E-state index contributed by atoms with van der Waals surface area (Å²) in [6.45, 7) is 6.42. The van der Waals surface area contributed by atoms with Crippen molar-refractivity contribution < 1.29 is 4.73 Å². The molecule has 0 spiro atoms. The van der Waals surface area contributed by atoms with Crippen LogP contribution >= 0.6 is 0 Å². The standard InChI is InChI=1S/C14H16NO/c1-10(2)11(3)12-8-9-15(16)14-7-5-4-6-13(12)14/h4-9,11H,1-3H3. The summed E-state index contributed by atoms with van der Waals surface area (Å²) in [6.07, 6.45) is 1.59. The van der Waals surface area contributed by atoms with E-state index < -0.39 is 0 Å². The van der Waals surface area contributed by atoms with Crippen molar-refractivity contribution in [2.24, 2.45) is 0 Å². The molecule has 0 saturated heterocycles. The number of hydrogen-bond acceptors (Lipinski definition) is 1. The fourth-order valence-electron chi connectivity index (χ4n) is 1.92. The molecule has 0 aliphatic heterocycles. The van der Waals surface area contributed by atoms with Gasteiger partial charge >= 0.3 is 0 Å². The minimum atomic E-state index is 0.381. The summed E-state index contributed by atoms with van der Waals surface area (Å²) in [7, 11) is 0. The van der Waals surface area contributed by atoms with Gasteiger partial charge < -0.3 is 5.21 Å². The number of aromatic nitrogens is 1. The Kier molecular flexibility index (Phi) is 2.82. The van der Waals surface area contributed by atoms with E-state index in [2.05, 4.69) is 20.8 Å². The Bertz CT molecular complexity index is 505. The minimum Gasteiger partial charge on any atom is -0.618 e. The molecule has 0 aliphatic rings. The molecule has 16 heavy (non-hydrogen) atoms. The topological polar surface area (TPSA) is 26.9 Å². The molecule has 0 bridgehead atoms. The Morgan fingerprint density at radius 3 is 2.56 bits per heavy atom. The molecule has 0 amide bonds. The summed E-state index contributed by atoms with van der Waals surface area (Å²) in [5.41, 5.74) is 1.97. The van der Waals surface area contributed by atoms with E-state index in [9.17, 15) is 5.21 Å². The highest BCUT2D eigenvalue weighted by Crippen LogP contribution is 2.29. The second-order valence-corrected chi connectivity index (χ2v) is 4.41. The first-order valence-electron chi connectivity index (χ1n) is 5.52. The lowest BCUT2D eigenvalue weighted by Gasteiger charge is -2.17. The van der Waals surface area contributed by atoms with Crippen LogP contribution in [-0.2, 0) is 0 Å². The zero-order valence-corrected chi connectivity index (χ0v) is 9.90. The van der Waals surface area contributed by atoms with E-state index in [-0.39, 0.29) is 0 Å². The van der Waals surface area contributed by atoms with E-state index in [4.69, 9.17) is 0 Å². The second kappa shape index (κ2) is 4.12. The maximum atomic E-state index is 11.6. The molecule has 2 heteroatoms. The summed E-state index contributed by atoms with van der Waals surface area (Å²) in [5.74, 6) is 1.74. The van der Waals surface area contributed by atoms with E-state index in [0.29, 0.717) is 5.92 Å². The van der Waals surface area contributed by atoms with Crippen molar-refractivity contribution in [1.29, 1.82) is 0 Å². The van der Waals surface area contributed by atoms with E-state index in [1.54, 1.807) is 6.20 Å². The van der Waals surface area contributed by atoms with Gasteiger partial charge in [0.25, 0.3) is 0 Å². The van der Waals surface area contributed by atoms with Gasteiger partial charge in [0.05, 0.1) is 5.39 Å². The summed E-state index contributed by atoms with van der Waals surface area (Å²) < 4.78 is 0.927. The number of fused-ring (bicyclic) bond motifs is 1. The van der Waals surface area contributed by atoms with Crippen LogP contribution in [0.5, 0.6) is 0 Å². The van der Waals surface area contributed by atoms with Gasteiger partial charge in [-0.15, -0.1) is 0 Å². The van der Waals surface area contributed by atoms with Gasteiger partial charge in [0.1, 0.15) is 0 Å². The Balaban J connectivity index is 2.67. The highest BCUT2D eigenvalue weighted by molar-refractivity contribution is 5.80. The van der Waals surface area contributed by atoms with Gasteiger partial charge in [0, 0.05) is 12.1 Å². The van der Waals surface area contributed by atoms with Crippen molar-refractivity contribution in [3.63, 3.8) is 0 Å². The van der Waals surface area contributed by atoms with Crippen LogP contribution in [0.2, 0.25) is 0 Å². The van der Waals surface area contributed by atoms with Gasteiger partial charge in [-0.25, -0.2) is 0 Å². The van der Waals surface area contributed by atoms with Gasteiger partial charge in [-0.2, -0.15) is 4.73 Å². The molecule has 83 valence electrons. The molecule has 2 aromatic rings. The Labute approximate surface area is 96.1 Å². The van der Waals surface area contributed by atoms with Crippen molar-refractivity contribution >= 4 is 10.9 Å². The average Bonchev–Trinajstić information content (AvgIpc) is 2.29. The lowest BCUT2D eigenvalue weighted by atomic mass is 9.88. The van der Waals surface area contributed by atoms with Crippen molar-refractivity contribution in [2.75, 3.05) is 0 Å². The van der Waals surface area contributed by atoms with Crippen LogP contribution in [0.15, 0.2) is 36.5 Å². The van der Waals surface area contributed by atoms with Crippen molar-refractivity contribution in [1.82, 2.24) is 0 Å². The number of hydrogen-bond donors (Lipinski definition) is 0. The maximum absolute atomic E-state index is 11.6. The predicted octanol–water partition coefficient (Wildman–Crippen LogP) is 3.19. The highest BCUT2D eigenvalue weighted by atomic mass is 16.5. The lowest BCUT2D eigenvalue weighted by molar-refractivity contribution is -0.577. The summed E-state index contributed by atoms with van der Waals surface area (Å²) in [5, 5.41) is 12.7. The highest BCUT2D eigenvalue weighted by Gasteiger charge is 2.16. The molecule has 1 unspecified atom stereocenters. The number of benzene rings is 1. The van der Waals surface area contributed by atoms with E-state index in [0.717, 1.165) is 15.6 Å². The third-order valence-electron chi connectivity index (χ3n) is 3.17. The van der Waals surface area contributed by atoms with Crippen LogP contribution in [0.3, 0.4) is 0 Å². The van der Waals surface area contributed by atoms with E-state index in [1.165, 1.54) is 11.5 Å². The molecule has 2 nitrogen and oxygen atoms in total. The number of para-hydroxylation sites is 1. The van der Waals surface area contributed by atoms with Crippen LogP contribution in [0.1, 0.15) is 32.3 Å². The van der Waals surface area contributed by atoms with Crippen LogP contribution in [0.25, 0.3) is 10.9 Å². The lowest BCUT2D eigenvalue weighted by Crippen LogP contribution is -2.26. The smallest absolute Gasteiger partial charge is 0.224 e. The molecule has 0 N–H and O–H groups in total. The number of nitrogens with zero attached hydrogens (tertiary/aromatic N) is 1. The third kappa shape index (κ3) is 1.75. The van der Waals surface area contributed by atoms with Crippen LogP contribution in [0.4, 0.5) is 0 Å². The Morgan fingerprint density at radius 2 is 1.88 bits per heavy atom. The molecule has 1 heterocycles. The molecule has 1 aromatic heterocycles. The molecule has 0 fully saturated rings. The van der Waals surface area contributed by atoms with Crippen LogP contribution < -0.4 is 4.73 Å². The Hall–Kier alpha value is -1.57. The van der Waals surface area contributed by atoms with Crippen molar-refractivity contribution in [3.8, 4) is 0 Å². The zero-order valence-electron chi connectivity index (χ0n) is 9.90. The van der Waals surface area contributed by atoms with Gasteiger partial charge in [-0.05, 0) is 23.5 Å². The van der Waals surface area contributed by atoms with Gasteiger partial charge in [-0.1, -0.05) is 32.9 Å². The summed E-state index contributed by atoms with van der Waals surface area (Å²) in [4.78, 5) is 0. The first kappa shape index (κ1) is 10.9. The molecular formula is C14H16NO. The number of pyridine rings is 1. The first-order chi connectivity index (χ1) is 7.61. The first-order valence-corrected chi connectivity index (χ1v) is 5.52. The molecule has 0 aliphatic carbocycles. The molecule has 1 aromatic carbocycles. The third-order valence-corrected chi connectivity index (χ3v) is 3.17. The molecule has 1 atom stereocenters. The maximum Gasteiger partial charge on any atom is 0.224 e. The monoisotopic (exact) mass is 214 g/mol. The summed E-state index contributed by atoms with van der Waals surface area (Å²) >= 11 is 0. The SMILES string of the molecule is C[C](C)C(C)c1cc[n+]([O-])c2ccccc12. The fourth-order valence-corrected chi connectivity index (χ4v) is 1.92. The summed E-state index contributed by atoms with van der Waals surface area (Å²) in [6, 6.07) is 9.67. The van der Waals surface area contributed by atoms with E-state index >= 15 is 0 Å². The van der Waals surface area contributed by atoms with Crippen LogP contribution in [0, 0.1) is 11.1 Å². The fraction of sp³-hybridized carbons (Fsp3) is 0.286. The minimum absolute atomic E-state index is 0.381. The largest absolute Gasteiger partial charge is 0.618 e.